The molecule has 3 rings (SSSR count). The summed E-state index contributed by atoms with van der Waals surface area (Å²) in [4.78, 5) is 11.9. The first-order chi connectivity index (χ1) is 12.2. The maximum absolute atomic E-state index is 11.9. The molecule has 0 fully saturated rings. The summed E-state index contributed by atoms with van der Waals surface area (Å²) < 4.78 is 17.2. The van der Waals surface area contributed by atoms with Gasteiger partial charge in [-0.15, -0.1) is 0 Å². The van der Waals surface area contributed by atoms with Gasteiger partial charge in [0.1, 0.15) is 5.75 Å². The predicted octanol–water partition coefficient (Wildman–Crippen LogP) is 3.70. The molecule has 5 nitrogen and oxygen atoms in total. The second-order valence-electron chi connectivity index (χ2n) is 5.69. The van der Waals surface area contributed by atoms with Crippen LogP contribution in [-0.2, 0) is 11.2 Å². The molecule has 2 aromatic carbocycles. The van der Waals surface area contributed by atoms with Crippen molar-refractivity contribution in [2.24, 2.45) is 0 Å². The lowest BCUT2D eigenvalue weighted by Crippen LogP contribution is -2.25. The molecule has 1 aliphatic rings. The molecule has 0 saturated heterocycles. The minimum Gasteiger partial charge on any atom is -0.494 e. The third-order valence-corrected chi connectivity index (χ3v) is 4.33. The van der Waals surface area contributed by atoms with Crippen molar-refractivity contribution in [3.8, 4) is 17.2 Å². The lowest BCUT2D eigenvalue weighted by Gasteiger charge is -2.08. The van der Waals surface area contributed by atoms with Crippen LogP contribution in [0.25, 0.3) is 0 Å². The summed E-state index contributed by atoms with van der Waals surface area (Å²) in [6.07, 6.45) is 1.90. The topological polar surface area (TPSA) is 56.8 Å². The first-order valence-corrected chi connectivity index (χ1v) is 9.03. The van der Waals surface area contributed by atoms with Crippen molar-refractivity contribution in [3.63, 3.8) is 0 Å². The number of hydrogen-bond acceptors (Lipinski definition) is 4. The van der Waals surface area contributed by atoms with Crippen LogP contribution in [0.1, 0.15) is 18.4 Å². The summed E-state index contributed by atoms with van der Waals surface area (Å²) in [5, 5.41) is 2.93. The summed E-state index contributed by atoms with van der Waals surface area (Å²) in [6.45, 7) is 1.40. The van der Waals surface area contributed by atoms with E-state index in [1.807, 2.05) is 42.5 Å². The molecule has 0 aromatic heterocycles. The second kappa shape index (κ2) is 8.76. The van der Waals surface area contributed by atoms with Crippen molar-refractivity contribution in [1.29, 1.82) is 0 Å². The molecule has 0 radical (unpaired) electrons. The van der Waals surface area contributed by atoms with E-state index in [0.29, 0.717) is 26.0 Å². The number of nitrogens with one attached hydrogen (secondary N) is 1. The Morgan fingerprint density at radius 2 is 1.92 bits per heavy atom. The van der Waals surface area contributed by atoms with Gasteiger partial charge in [0.2, 0.25) is 12.7 Å². The number of carbonyl (C=O) groups is 1. The van der Waals surface area contributed by atoms with E-state index in [0.717, 1.165) is 33.7 Å². The van der Waals surface area contributed by atoms with Crippen molar-refractivity contribution < 1.29 is 19.0 Å². The molecule has 132 valence electrons. The molecule has 0 saturated carbocycles. The smallest absolute Gasteiger partial charge is 0.231 e. The van der Waals surface area contributed by atoms with Gasteiger partial charge in [0.25, 0.3) is 0 Å². The average molecular weight is 406 g/mol. The van der Waals surface area contributed by atoms with E-state index in [1.165, 1.54) is 0 Å². The lowest BCUT2D eigenvalue weighted by molar-refractivity contribution is -0.121. The van der Waals surface area contributed by atoms with Gasteiger partial charge in [-0.05, 0) is 54.8 Å². The molecule has 0 bridgehead atoms. The number of carbonyl (C=O) groups excluding carboxylic acids is 1. The van der Waals surface area contributed by atoms with E-state index < -0.39 is 0 Å². The lowest BCUT2D eigenvalue weighted by atomic mass is 10.1. The summed E-state index contributed by atoms with van der Waals surface area (Å²) >= 11 is 3.38. The number of halogens is 1. The van der Waals surface area contributed by atoms with Gasteiger partial charge in [0, 0.05) is 17.4 Å². The monoisotopic (exact) mass is 405 g/mol. The summed E-state index contributed by atoms with van der Waals surface area (Å²) in [7, 11) is 0. The SMILES string of the molecule is O=C(CCCOc1ccc(Br)cc1)NCCc1ccc2c(c1)OCO2. The fourth-order valence-electron chi connectivity index (χ4n) is 2.48. The van der Waals surface area contributed by atoms with Crippen molar-refractivity contribution in [2.75, 3.05) is 19.9 Å². The Balaban J connectivity index is 1.30. The van der Waals surface area contributed by atoms with Crippen molar-refractivity contribution in [1.82, 2.24) is 5.32 Å². The fourth-order valence-corrected chi connectivity index (χ4v) is 2.75. The Labute approximate surface area is 155 Å². The van der Waals surface area contributed by atoms with E-state index in [1.54, 1.807) is 0 Å². The largest absolute Gasteiger partial charge is 0.494 e. The molecule has 0 atom stereocenters. The molecule has 0 aliphatic carbocycles. The van der Waals surface area contributed by atoms with Crippen LogP contribution in [0, 0.1) is 0 Å². The number of hydrogen-bond donors (Lipinski definition) is 1. The van der Waals surface area contributed by atoms with Crippen LogP contribution in [0.5, 0.6) is 17.2 Å². The van der Waals surface area contributed by atoms with E-state index >= 15 is 0 Å². The van der Waals surface area contributed by atoms with Crippen LogP contribution >= 0.6 is 15.9 Å². The second-order valence-corrected chi connectivity index (χ2v) is 6.61. The van der Waals surface area contributed by atoms with Crippen molar-refractivity contribution in [2.45, 2.75) is 19.3 Å². The zero-order valence-electron chi connectivity index (χ0n) is 13.8. The van der Waals surface area contributed by atoms with E-state index in [4.69, 9.17) is 14.2 Å². The minimum atomic E-state index is 0.0418. The van der Waals surface area contributed by atoms with Gasteiger partial charge in [0.05, 0.1) is 6.61 Å². The van der Waals surface area contributed by atoms with Crippen LogP contribution in [0.2, 0.25) is 0 Å². The third-order valence-electron chi connectivity index (χ3n) is 3.80. The van der Waals surface area contributed by atoms with Crippen LogP contribution in [-0.4, -0.2) is 25.9 Å². The van der Waals surface area contributed by atoms with Gasteiger partial charge in [-0.3, -0.25) is 4.79 Å². The minimum absolute atomic E-state index is 0.0418. The number of fused-ring (bicyclic) bond motifs is 1. The number of amides is 1. The third kappa shape index (κ3) is 5.39. The number of ether oxygens (including phenoxy) is 3. The Bertz CT molecular complexity index is 718. The summed E-state index contributed by atoms with van der Waals surface area (Å²) in [5.74, 6) is 2.40. The maximum Gasteiger partial charge on any atom is 0.231 e. The average Bonchev–Trinajstić information content (AvgIpc) is 3.08. The van der Waals surface area contributed by atoms with E-state index in [-0.39, 0.29) is 12.7 Å². The van der Waals surface area contributed by atoms with Gasteiger partial charge in [0.15, 0.2) is 11.5 Å². The molecule has 0 spiro atoms. The normalized spacial score (nSPS) is 12.0. The van der Waals surface area contributed by atoms with E-state index in [9.17, 15) is 4.79 Å². The molecule has 1 N–H and O–H groups in total. The molecule has 1 heterocycles. The fraction of sp³-hybridized carbons (Fsp3) is 0.316. The molecule has 25 heavy (non-hydrogen) atoms. The quantitative estimate of drug-likeness (QED) is 0.680. The molecule has 2 aromatic rings. The van der Waals surface area contributed by atoms with Gasteiger partial charge in [-0.1, -0.05) is 22.0 Å². The predicted molar refractivity (Wildman–Crippen MR) is 98.1 cm³/mol. The van der Waals surface area contributed by atoms with Crippen LogP contribution in [0.15, 0.2) is 46.9 Å². The summed E-state index contributed by atoms with van der Waals surface area (Å²) in [5.41, 5.74) is 1.11. The van der Waals surface area contributed by atoms with Crippen molar-refractivity contribution >= 4 is 21.8 Å². The Morgan fingerprint density at radius 1 is 1.12 bits per heavy atom. The first kappa shape index (κ1) is 17.6. The van der Waals surface area contributed by atoms with Gasteiger partial charge in [-0.2, -0.15) is 0 Å². The van der Waals surface area contributed by atoms with Gasteiger partial charge < -0.3 is 19.5 Å². The molecular formula is C19H20BrNO4. The highest BCUT2D eigenvalue weighted by atomic mass is 79.9. The standard InChI is InChI=1S/C19H20BrNO4/c20-15-4-6-16(7-5-15)23-11-1-2-19(22)21-10-9-14-3-8-17-18(12-14)25-13-24-17/h3-8,12H,1-2,9-11,13H2,(H,21,22). The molecule has 1 aliphatic heterocycles. The highest BCUT2D eigenvalue weighted by molar-refractivity contribution is 9.10. The molecular weight excluding hydrogens is 386 g/mol. The van der Waals surface area contributed by atoms with Gasteiger partial charge in [-0.25, -0.2) is 0 Å². The zero-order valence-corrected chi connectivity index (χ0v) is 15.4. The Kier molecular flexibility index (Phi) is 6.17. The summed E-state index contributed by atoms with van der Waals surface area (Å²) in [6, 6.07) is 13.5. The molecule has 6 heteroatoms. The highest BCUT2D eigenvalue weighted by Crippen LogP contribution is 2.32. The van der Waals surface area contributed by atoms with Crippen LogP contribution < -0.4 is 19.5 Å². The number of rotatable bonds is 8. The van der Waals surface area contributed by atoms with Crippen LogP contribution in [0.4, 0.5) is 0 Å². The maximum atomic E-state index is 11.9. The number of benzene rings is 2. The molecule has 1 amide bonds. The first-order valence-electron chi connectivity index (χ1n) is 8.24. The highest BCUT2D eigenvalue weighted by Gasteiger charge is 2.13. The van der Waals surface area contributed by atoms with Crippen LogP contribution in [0.3, 0.4) is 0 Å². The zero-order chi connectivity index (χ0) is 17.5. The van der Waals surface area contributed by atoms with Gasteiger partial charge >= 0.3 is 0 Å². The molecule has 0 unspecified atom stereocenters. The Morgan fingerprint density at radius 3 is 2.76 bits per heavy atom. The van der Waals surface area contributed by atoms with E-state index in [2.05, 4.69) is 21.2 Å². The van der Waals surface area contributed by atoms with Crippen molar-refractivity contribution in [3.05, 3.63) is 52.5 Å². The Hall–Kier alpha value is -2.21.